The Kier molecular flexibility index (Phi) is 6.07. The van der Waals surface area contributed by atoms with E-state index < -0.39 is 5.97 Å². The first-order chi connectivity index (χ1) is 12.6. The van der Waals surface area contributed by atoms with Crippen molar-refractivity contribution in [3.05, 3.63) is 59.5 Å². The molecule has 1 aliphatic rings. The lowest BCUT2D eigenvalue weighted by molar-refractivity contribution is -0.121. The van der Waals surface area contributed by atoms with E-state index in [0.29, 0.717) is 31.0 Å². The minimum atomic E-state index is -0.896. The van der Waals surface area contributed by atoms with Crippen LogP contribution in [0.3, 0.4) is 0 Å². The largest absolute Gasteiger partial charge is 0.478 e. The number of hydrogen-bond donors (Lipinski definition) is 2. The molecule has 2 N–H and O–H groups in total. The maximum atomic E-state index is 12.0. The smallest absolute Gasteiger partial charge is 0.335 e. The number of aromatic carboxylic acids is 1. The zero-order chi connectivity index (χ0) is 18.4. The number of nitrogens with zero attached hydrogens (tertiary/aromatic N) is 1. The molecule has 1 saturated heterocycles. The molecule has 138 valence electrons. The number of carboxylic acid groups (broad SMARTS) is 1. The van der Waals surface area contributed by atoms with Crippen LogP contribution in [0, 0.1) is 0 Å². The first kappa shape index (κ1) is 18.2. The van der Waals surface area contributed by atoms with E-state index in [4.69, 9.17) is 9.52 Å². The number of nitrogens with one attached hydrogen (secondary N) is 1. The van der Waals surface area contributed by atoms with Crippen LogP contribution in [0.2, 0.25) is 0 Å². The van der Waals surface area contributed by atoms with Gasteiger partial charge in [0, 0.05) is 19.5 Å². The highest BCUT2D eigenvalue weighted by molar-refractivity contribution is 5.87. The van der Waals surface area contributed by atoms with E-state index in [1.54, 1.807) is 30.5 Å². The molecule has 6 nitrogen and oxygen atoms in total. The number of carbonyl (C=O) groups excluding carboxylic acids is 1. The number of hydrogen-bond acceptors (Lipinski definition) is 4. The maximum absolute atomic E-state index is 12.0. The molecule has 0 saturated carbocycles. The molecule has 3 rings (SSSR count). The number of piperidine rings is 1. The second-order valence-electron chi connectivity index (χ2n) is 6.68. The highest BCUT2D eigenvalue weighted by atomic mass is 16.4. The van der Waals surface area contributed by atoms with Crippen LogP contribution in [0.15, 0.2) is 47.1 Å². The standard InChI is InChI=1S/C20H24N2O4/c23-19(21-13-18-7-3-11-26-18)8-10-22-9-2-6-17(14-22)15-4-1-5-16(12-15)20(24)25/h1,3-5,7,11-12,17H,2,6,8-10,13-14H2,(H,21,23)(H,24,25). The van der Waals surface area contributed by atoms with Crippen molar-refractivity contribution in [1.82, 2.24) is 10.2 Å². The fourth-order valence-corrected chi connectivity index (χ4v) is 3.40. The quantitative estimate of drug-likeness (QED) is 0.797. The third kappa shape index (κ3) is 4.95. The Morgan fingerprint density at radius 3 is 2.92 bits per heavy atom. The summed E-state index contributed by atoms with van der Waals surface area (Å²) in [5.41, 5.74) is 1.40. The molecule has 1 amide bonds. The summed E-state index contributed by atoms with van der Waals surface area (Å²) in [6, 6.07) is 10.8. The molecule has 6 heteroatoms. The Bertz CT molecular complexity index is 742. The summed E-state index contributed by atoms with van der Waals surface area (Å²) in [5.74, 6) is 0.174. The van der Waals surface area contributed by atoms with Gasteiger partial charge in [-0.3, -0.25) is 4.79 Å². The molecule has 0 aliphatic carbocycles. The van der Waals surface area contributed by atoms with Crippen LogP contribution in [0.4, 0.5) is 0 Å². The fourth-order valence-electron chi connectivity index (χ4n) is 3.40. The van der Waals surface area contributed by atoms with Gasteiger partial charge in [0.15, 0.2) is 0 Å². The van der Waals surface area contributed by atoms with E-state index >= 15 is 0 Å². The number of amides is 1. The average molecular weight is 356 g/mol. The lowest BCUT2D eigenvalue weighted by Crippen LogP contribution is -2.37. The molecule has 0 radical (unpaired) electrons. The lowest BCUT2D eigenvalue weighted by Gasteiger charge is -2.33. The zero-order valence-electron chi connectivity index (χ0n) is 14.7. The highest BCUT2D eigenvalue weighted by Crippen LogP contribution is 2.27. The van der Waals surface area contributed by atoms with Crippen LogP contribution in [0.25, 0.3) is 0 Å². The van der Waals surface area contributed by atoms with Crippen molar-refractivity contribution in [2.45, 2.75) is 31.7 Å². The summed E-state index contributed by atoms with van der Waals surface area (Å²) in [6.45, 7) is 2.95. The second kappa shape index (κ2) is 8.67. The Labute approximate surface area is 152 Å². The van der Waals surface area contributed by atoms with Gasteiger partial charge in [-0.05, 0) is 55.1 Å². The molecule has 1 aliphatic heterocycles. The highest BCUT2D eigenvalue weighted by Gasteiger charge is 2.22. The van der Waals surface area contributed by atoms with E-state index in [1.165, 1.54) is 0 Å². The maximum Gasteiger partial charge on any atom is 0.335 e. The summed E-state index contributed by atoms with van der Waals surface area (Å²) in [6.07, 6.45) is 4.14. The zero-order valence-corrected chi connectivity index (χ0v) is 14.7. The Balaban J connectivity index is 1.48. The summed E-state index contributed by atoms with van der Waals surface area (Å²) in [7, 11) is 0. The van der Waals surface area contributed by atoms with Crippen LogP contribution in [-0.4, -0.2) is 41.5 Å². The van der Waals surface area contributed by atoms with Crippen LogP contribution in [-0.2, 0) is 11.3 Å². The van der Waals surface area contributed by atoms with Crippen LogP contribution < -0.4 is 5.32 Å². The molecule has 1 fully saturated rings. The summed E-state index contributed by atoms with van der Waals surface area (Å²) >= 11 is 0. The van der Waals surface area contributed by atoms with Gasteiger partial charge >= 0.3 is 5.97 Å². The van der Waals surface area contributed by atoms with Gasteiger partial charge in [0.05, 0.1) is 18.4 Å². The van der Waals surface area contributed by atoms with Gasteiger partial charge in [-0.2, -0.15) is 0 Å². The molecular formula is C20H24N2O4. The van der Waals surface area contributed by atoms with Gasteiger partial charge in [0.1, 0.15) is 5.76 Å². The van der Waals surface area contributed by atoms with Crippen LogP contribution >= 0.6 is 0 Å². The van der Waals surface area contributed by atoms with E-state index in [9.17, 15) is 9.59 Å². The number of furan rings is 1. The van der Waals surface area contributed by atoms with Gasteiger partial charge in [-0.25, -0.2) is 4.79 Å². The van der Waals surface area contributed by atoms with E-state index in [2.05, 4.69) is 10.2 Å². The van der Waals surface area contributed by atoms with Crippen molar-refractivity contribution < 1.29 is 19.1 Å². The van der Waals surface area contributed by atoms with E-state index in [-0.39, 0.29) is 5.91 Å². The molecular weight excluding hydrogens is 332 g/mol. The predicted octanol–water partition coefficient (Wildman–Crippen LogP) is 2.86. The van der Waals surface area contributed by atoms with Crippen molar-refractivity contribution in [3.63, 3.8) is 0 Å². The minimum absolute atomic E-state index is 0.0106. The molecule has 1 atom stereocenters. The molecule has 0 spiro atoms. The molecule has 26 heavy (non-hydrogen) atoms. The number of rotatable bonds is 7. The SMILES string of the molecule is O=C(CCN1CCCC(c2cccc(C(=O)O)c2)C1)NCc1ccco1. The molecule has 2 heterocycles. The van der Waals surface area contributed by atoms with Crippen molar-refractivity contribution in [2.24, 2.45) is 0 Å². The Morgan fingerprint density at radius 1 is 1.27 bits per heavy atom. The molecule has 1 unspecified atom stereocenters. The van der Waals surface area contributed by atoms with Gasteiger partial charge in [-0.15, -0.1) is 0 Å². The summed E-state index contributed by atoms with van der Waals surface area (Å²) in [5, 5.41) is 12.0. The number of carbonyl (C=O) groups is 2. The Morgan fingerprint density at radius 2 is 2.15 bits per heavy atom. The third-order valence-electron chi connectivity index (χ3n) is 4.81. The first-order valence-electron chi connectivity index (χ1n) is 8.96. The monoisotopic (exact) mass is 356 g/mol. The topological polar surface area (TPSA) is 82.8 Å². The van der Waals surface area contributed by atoms with Crippen molar-refractivity contribution in [1.29, 1.82) is 0 Å². The van der Waals surface area contributed by atoms with Crippen molar-refractivity contribution in [3.8, 4) is 0 Å². The van der Waals surface area contributed by atoms with Gasteiger partial charge < -0.3 is 19.7 Å². The van der Waals surface area contributed by atoms with Gasteiger partial charge in [0.25, 0.3) is 0 Å². The Hall–Kier alpha value is -2.60. The average Bonchev–Trinajstić information content (AvgIpc) is 3.18. The molecule has 0 bridgehead atoms. The number of likely N-dealkylation sites (tertiary alicyclic amines) is 1. The lowest BCUT2D eigenvalue weighted by atomic mass is 9.89. The van der Waals surface area contributed by atoms with E-state index in [0.717, 1.165) is 37.3 Å². The third-order valence-corrected chi connectivity index (χ3v) is 4.81. The molecule has 1 aromatic carbocycles. The molecule has 1 aromatic heterocycles. The minimum Gasteiger partial charge on any atom is -0.478 e. The summed E-state index contributed by atoms with van der Waals surface area (Å²) < 4.78 is 5.20. The summed E-state index contributed by atoms with van der Waals surface area (Å²) in [4.78, 5) is 25.5. The van der Waals surface area contributed by atoms with Gasteiger partial charge in [-0.1, -0.05) is 12.1 Å². The van der Waals surface area contributed by atoms with Crippen LogP contribution in [0.5, 0.6) is 0 Å². The van der Waals surface area contributed by atoms with Crippen LogP contribution in [0.1, 0.15) is 46.9 Å². The molecule has 2 aromatic rings. The van der Waals surface area contributed by atoms with Crippen molar-refractivity contribution in [2.75, 3.05) is 19.6 Å². The van der Waals surface area contributed by atoms with Crippen molar-refractivity contribution >= 4 is 11.9 Å². The fraction of sp³-hybridized carbons (Fsp3) is 0.400. The first-order valence-corrected chi connectivity index (χ1v) is 8.96. The van der Waals surface area contributed by atoms with Gasteiger partial charge in [0.2, 0.25) is 5.91 Å². The normalized spacial score (nSPS) is 17.8. The number of benzene rings is 1. The predicted molar refractivity (Wildman–Crippen MR) is 97.0 cm³/mol. The number of carboxylic acids is 1. The second-order valence-corrected chi connectivity index (χ2v) is 6.68. The van der Waals surface area contributed by atoms with E-state index in [1.807, 2.05) is 12.1 Å².